The maximum atomic E-state index is 12.3. The van der Waals surface area contributed by atoms with Gasteiger partial charge in [-0.15, -0.1) is 0 Å². The molecule has 5 nitrogen and oxygen atoms in total. The second-order valence-corrected chi connectivity index (χ2v) is 6.54. The predicted molar refractivity (Wildman–Crippen MR) is 84.7 cm³/mol. The first-order valence-electron chi connectivity index (χ1n) is 7.18. The average molecular weight is 354 g/mol. The summed E-state index contributed by atoms with van der Waals surface area (Å²) in [7, 11) is 0. The molecule has 1 fully saturated rings. The number of amides is 2. The third kappa shape index (κ3) is 4.27. The number of halogens is 1. The molecule has 2 heterocycles. The number of piperidine rings is 1. The van der Waals surface area contributed by atoms with Crippen molar-refractivity contribution in [2.45, 2.75) is 26.7 Å². The van der Waals surface area contributed by atoms with Crippen molar-refractivity contribution in [2.75, 3.05) is 18.4 Å². The lowest BCUT2D eigenvalue weighted by molar-refractivity contribution is -0.137. The number of carbonyl (C=O) groups excluding carboxylic acids is 2. The third-order valence-electron chi connectivity index (χ3n) is 3.58. The summed E-state index contributed by atoms with van der Waals surface area (Å²) >= 11 is 3.31. The number of hydrogen-bond acceptors (Lipinski definition) is 3. The highest BCUT2D eigenvalue weighted by Crippen LogP contribution is 2.20. The van der Waals surface area contributed by atoms with Gasteiger partial charge in [0.1, 0.15) is 5.82 Å². The molecule has 1 aromatic heterocycles. The van der Waals surface area contributed by atoms with Crippen LogP contribution < -0.4 is 5.32 Å². The smallest absolute Gasteiger partial charge is 0.230 e. The summed E-state index contributed by atoms with van der Waals surface area (Å²) < 4.78 is 0.867. The van der Waals surface area contributed by atoms with Crippen LogP contribution in [0.1, 0.15) is 26.7 Å². The number of hydrogen-bond donors (Lipinski definition) is 1. The van der Waals surface area contributed by atoms with Crippen LogP contribution in [0.25, 0.3) is 0 Å². The molecular weight excluding hydrogens is 334 g/mol. The van der Waals surface area contributed by atoms with Crippen LogP contribution in [0.2, 0.25) is 0 Å². The standard InChI is InChI=1S/C15H20BrN3O2/c1-10(2)15(21)19-7-3-4-11(9-19)14(20)18-13-6-5-12(16)8-17-13/h5-6,8,10-11H,3-4,7,9H2,1-2H3,(H,17,18,20)/t11-/m1/s1. The number of pyridine rings is 1. The minimum absolute atomic E-state index is 0.0278. The van der Waals surface area contributed by atoms with E-state index in [0.29, 0.717) is 12.4 Å². The van der Waals surface area contributed by atoms with E-state index < -0.39 is 0 Å². The first-order valence-corrected chi connectivity index (χ1v) is 7.98. The molecule has 1 N–H and O–H groups in total. The molecule has 0 aromatic carbocycles. The van der Waals surface area contributed by atoms with E-state index in [-0.39, 0.29) is 23.7 Å². The SMILES string of the molecule is CC(C)C(=O)N1CCC[C@@H](C(=O)Nc2ccc(Br)cn2)C1. The van der Waals surface area contributed by atoms with Crippen molar-refractivity contribution in [1.82, 2.24) is 9.88 Å². The molecule has 0 saturated carbocycles. The van der Waals surface area contributed by atoms with E-state index in [4.69, 9.17) is 0 Å². The Hall–Kier alpha value is -1.43. The Kier molecular flexibility index (Phi) is 5.33. The molecule has 1 aliphatic rings. The van der Waals surface area contributed by atoms with Gasteiger partial charge in [0.05, 0.1) is 5.92 Å². The van der Waals surface area contributed by atoms with E-state index in [1.807, 2.05) is 19.9 Å². The minimum atomic E-state index is -0.160. The van der Waals surface area contributed by atoms with Crippen molar-refractivity contribution in [3.05, 3.63) is 22.8 Å². The summed E-state index contributed by atoms with van der Waals surface area (Å²) in [6.07, 6.45) is 3.32. The molecule has 114 valence electrons. The first-order chi connectivity index (χ1) is 9.97. The van der Waals surface area contributed by atoms with Gasteiger partial charge in [-0.25, -0.2) is 4.98 Å². The molecule has 0 radical (unpaired) electrons. The summed E-state index contributed by atoms with van der Waals surface area (Å²) in [6.45, 7) is 5.02. The fraction of sp³-hybridized carbons (Fsp3) is 0.533. The second-order valence-electron chi connectivity index (χ2n) is 5.63. The maximum absolute atomic E-state index is 12.3. The number of anilines is 1. The number of carbonyl (C=O) groups is 2. The van der Waals surface area contributed by atoms with Crippen molar-refractivity contribution >= 4 is 33.6 Å². The van der Waals surface area contributed by atoms with Gasteiger partial charge in [-0.05, 0) is 40.9 Å². The van der Waals surface area contributed by atoms with Crippen LogP contribution in [0.15, 0.2) is 22.8 Å². The largest absolute Gasteiger partial charge is 0.342 e. The Labute approximate surface area is 133 Å². The van der Waals surface area contributed by atoms with Gasteiger partial charge in [0.15, 0.2) is 0 Å². The first kappa shape index (κ1) is 15.9. The Morgan fingerprint density at radius 1 is 1.43 bits per heavy atom. The third-order valence-corrected chi connectivity index (χ3v) is 4.05. The highest BCUT2D eigenvalue weighted by atomic mass is 79.9. The average Bonchev–Trinajstić information content (AvgIpc) is 2.48. The molecule has 0 spiro atoms. The van der Waals surface area contributed by atoms with E-state index >= 15 is 0 Å². The molecule has 2 amide bonds. The van der Waals surface area contributed by atoms with Crippen molar-refractivity contribution in [2.24, 2.45) is 11.8 Å². The lowest BCUT2D eigenvalue weighted by Crippen LogP contribution is -2.45. The quantitative estimate of drug-likeness (QED) is 0.908. The molecule has 21 heavy (non-hydrogen) atoms. The Morgan fingerprint density at radius 3 is 2.81 bits per heavy atom. The fourth-order valence-electron chi connectivity index (χ4n) is 2.43. The van der Waals surface area contributed by atoms with Gasteiger partial charge in [0.25, 0.3) is 0 Å². The zero-order valence-corrected chi connectivity index (χ0v) is 13.9. The van der Waals surface area contributed by atoms with Crippen molar-refractivity contribution in [3.8, 4) is 0 Å². The van der Waals surface area contributed by atoms with Crippen LogP contribution in [0.3, 0.4) is 0 Å². The summed E-state index contributed by atoms with van der Waals surface area (Å²) in [5.41, 5.74) is 0. The van der Waals surface area contributed by atoms with Crippen molar-refractivity contribution < 1.29 is 9.59 Å². The zero-order valence-electron chi connectivity index (χ0n) is 12.3. The van der Waals surface area contributed by atoms with Gasteiger partial charge in [-0.2, -0.15) is 0 Å². The molecule has 0 unspecified atom stereocenters. The maximum Gasteiger partial charge on any atom is 0.230 e. The van der Waals surface area contributed by atoms with Crippen LogP contribution in [-0.2, 0) is 9.59 Å². The lowest BCUT2D eigenvalue weighted by atomic mass is 9.96. The Bertz CT molecular complexity index is 516. The lowest BCUT2D eigenvalue weighted by Gasteiger charge is -2.33. The van der Waals surface area contributed by atoms with Gasteiger partial charge in [-0.3, -0.25) is 9.59 Å². The van der Waals surface area contributed by atoms with Gasteiger partial charge in [0, 0.05) is 29.7 Å². The minimum Gasteiger partial charge on any atom is -0.342 e. The molecule has 2 rings (SSSR count). The van der Waals surface area contributed by atoms with E-state index in [2.05, 4.69) is 26.2 Å². The van der Waals surface area contributed by atoms with E-state index in [9.17, 15) is 9.59 Å². The molecule has 1 aliphatic heterocycles. The van der Waals surface area contributed by atoms with Crippen LogP contribution in [-0.4, -0.2) is 34.8 Å². The molecular formula is C15H20BrN3O2. The number of aromatic nitrogens is 1. The molecule has 0 bridgehead atoms. The van der Waals surface area contributed by atoms with E-state index in [1.54, 1.807) is 17.2 Å². The zero-order chi connectivity index (χ0) is 15.4. The van der Waals surface area contributed by atoms with Crippen LogP contribution in [0.5, 0.6) is 0 Å². The van der Waals surface area contributed by atoms with E-state index in [0.717, 1.165) is 23.9 Å². The Morgan fingerprint density at radius 2 is 2.19 bits per heavy atom. The summed E-state index contributed by atoms with van der Waals surface area (Å²) in [4.78, 5) is 30.3. The monoisotopic (exact) mass is 353 g/mol. The van der Waals surface area contributed by atoms with Crippen LogP contribution in [0.4, 0.5) is 5.82 Å². The topological polar surface area (TPSA) is 62.3 Å². The summed E-state index contributed by atoms with van der Waals surface area (Å²) in [5.74, 6) is 0.405. The molecule has 1 saturated heterocycles. The normalized spacial score (nSPS) is 18.7. The van der Waals surface area contributed by atoms with Gasteiger partial charge >= 0.3 is 0 Å². The molecule has 1 atom stereocenters. The van der Waals surface area contributed by atoms with Gasteiger partial charge in [-0.1, -0.05) is 13.8 Å². The van der Waals surface area contributed by atoms with Crippen LogP contribution in [0, 0.1) is 11.8 Å². The van der Waals surface area contributed by atoms with Gasteiger partial charge < -0.3 is 10.2 Å². The van der Waals surface area contributed by atoms with Crippen molar-refractivity contribution in [1.29, 1.82) is 0 Å². The highest BCUT2D eigenvalue weighted by Gasteiger charge is 2.29. The number of nitrogens with zero attached hydrogens (tertiary/aromatic N) is 2. The van der Waals surface area contributed by atoms with Crippen molar-refractivity contribution in [3.63, 3.8) is 0 Å². The summed E-state index contributed by atoms with van der Waals surface area (Å²) in [6, 6.07) is 3.58. The number of rotatable bonds is 3. The second kappa shape index (κ2) is 7.02. The summed E-state index contributed by atoms with van der Waals surface area (Å²) in [5, 5.41) is 2.82. The predicted octanol–water partition coefficient (Wildman–Crippen LogP) is 2.68. The number of likely N-dealkylation sites (tertiary alicyclic amines) is 1. The highest BCUT2D eigenvalue weighted by molar-refractivity contribution is 9.10. The number of nitrogens with one attached hydrogen (secondary N) is 1. The molecule has 0 aliphatic carbocycles. The van der Waals surface area contributed by atoms with Crippen LogP contribution >= 0.6 is 15.9 Å². The fourth-order valence-corrected chi connectivity index (χ4v) is 2.67. The van der Waals surface area contributed by atoms with E-state index in [1.165, 1.54) is 0 Å². The van der Waals surface area contributed by atoms with Gasteiger partial charge in [0.2, 0.25) is 11.8 Å². The molecule has 1 aromatic rings. The Balaban J connectivity index is 1.96. The molecule has 6 heteroatoms.